The molecule has 1 aliphatic heterocycles. The van der Waals surface area contributed by atoms with Crippen LogP contribution in [-0.4, -0.2) is 40.7 Å². The van der Waals surface area contributed by atoms with Crippen LogP contribution in [0.5, 0.6) is 0 Å². The van der Waals surface area contributed by atoms with Crippen molar-refractivity contribution < 1.29 is 4.52 Å². The summed E-state index contributed by atoms with van der Waals surface area (Å²) in [5.74, 6) is 1.40. The van der Waals surface area contributed by atoms with Crippen molar-refractivity contribution >= 4 is 11.3 Å². The summed E-state index contributed by atoms with van der Waals surface area (Å²) in [6, 6.07) is 4.51. The van der Waals surface area contributed by atoms with Gasteiger partial charge < -0.3 is 9.84 Å². The van der Waals surface area contributed by atoms with Crippen LogP contribution in [0.4, 0.5) is 0 Å². The molecule has 1 atom stereocenters. The predicted octanol–water partition coefficient (Wildman–Crippen LogP) is 1.59. The summed E-state index contributed by atoms with van der Waals surface area (Å²) in [5.41, 5.74) is 0. The zero-order chi connectivity index (χ0) is 12.4. The fourth-order valence-electron chi connectivity index (χ4n) is 2.12. The van der Waals surface area contributed by atoms with Crippen LogP contribution < -0.4 is 5.32 Å². The topological polar surface area (TPSA) is 54.2 Å². The maximum Gasteiger partial charge on any atom is 0.241 e. The van der Waals surface area contributed by atoms with E-state index in [4.69, 9.17) is 4.52 Å². The Labute approximate surface area is 110 Å². The molecule has 0 aliphatic carbocycles. The number of hydrogen-bond acceptors (Lipinski definition) is 6. The molecule has 0 amide bonds. The van der Waals surface area contributed by atoms with Crippen molar-refractivity contribution in [1.29, 1.82) is 0 Å². The highest BCUT2D eigenvalue weighted by Crippen LogP contribution is 2.21. The molecule has 5 nitrogen and oxygen atoms in total. The molecule has 3 rings (SSSR count). The number of nitrogens with zero attached hydrogens (tertiary/aromatic N) is 3. The molecule has 2 aromatic rings. The van der Waals surface area contributed by atoms with Crippen molar-refractivity contribution in [2.75, 3.05) is 19.6 Å². The van der Waals surface area contributed by atoms with Crippen LogP contribution in [0.15, 0.2) is 22.0 Å². The number of hydrogen-bond donors (Lipinski definition) is 1. The molecule has 0 radical (unpaired) electrons. The van der Waals surface area contributed by atoms with E-state index in [0.29, 0.717) is 17.8 Å². The first-order chi connectivity index (χ1) is 8.83. The average molecular weight is 264 g/mol. The molecule has 0 saturated carbocycles. The quantitative estimate of drug-likeness (QED) is 0.912. The van der Waals surface area contributed by atoms with Crippen LogP contribution in [0.25, 0.3) is 10.7 Å². The summed E-state index contributed by atoms with van der Waals surface area (Å²) >= 11 is 1.63. The molecule has 2 aromatic heterocycles. The van der Waals surface area contributed by atoms with E-state index in [1.807, 2.05) is 17.5 Å². The minimum Gasteiger partial charge on any atom is -0.338 e. The third kappa shape index (κ3) is 2.45. The highest BCUT2D eigenvalue weighted by atomic mass is 32.1. The summed E-state index contributed by atoms with van der Waals surface area (Å²) in [6.07, 6.45) is 0. The van der Waals surface area contributed by atoms with Gasteiger partial charge in [0, 0.05) is 25.7 Å². The van der Waals surface area contributed by atoms with Gasteiger partial charge in [-0.05, 0) is 18.4 Å². The molecule has 1 unspecified atom stereocenters. The van der Waals surface area contributed by atoms with Gasteiger partial charge in [0.15, 0.2) is 0 Å². The maximum absolute atomic E-state index is 5.32. The van der Waals surface area contributed by atoms with E-state index < -0.39 is 0 Å². The Morgan fingerprint density at radius 1 is 1.61 bits per heavy atom. The first-order valence-corrected chi connectivity index (χ1v) is 7.02. The molecule has 0 bridgehead atoms. The van der Waals surface area contributed by atoms with Crippen LogP contribution >= 0.6 is 11.3 Å². The Balaban J connectivity index is 1.70. The van der Waals surface area contributed by atoms with E-state index in [9.17, 15) is 0 Å². The van der Waals surface area contributed by atoms with Gasteiger partial charge in [-0.15, -0.1) is 11.3 Å². The molecule has 18 heavy (non-hydrogen) atoms. The lowest BCUT2D eigenvalue weighted by atomic mass is 10.2. The van der Waals surface area contributed by atoms with Gasteiger partial charge in [-0.25, -0.2) is 0 Å². The van der Waals surface area contributed by atoms with E-state index in [-0.39, 0.29) is 0 Å². The summed E-state index contributed by atoms with van der Waals surface area (Å²) in [7, 11) is 0. The standard InChI is InChI=1S/C12H16N4OS/c1-9-7-13-4-5-16(9)8-11-14-12(15-17-11)10-3-2-6-18-10/h2-3,6,9,13H,4-5,7-8H2,1H3. The van der Waals surface area contributed by atoms with E-state index in [0.717, 1.165) is 31.1 Å². The van der Waals surface area contributed by atoms with Gasteiger partial charge in [-0.2, -0.15) is 4.98 Å². The minimum atomic E-state index is 0.510. The zero-order valence-electron chi connectivity index (χ0n) is 10.3. The third-order valence-corrected chi connectivity index (χ3v) is 4.05. The van der Waals surface area contributed by atoms with Gasteiger partial charge >= 0.3 is 0 Å². The zero-order valence-corrected chi connectivity index (χ0v) is 11.1. The van der Waals surface area contributed by atoms with Crippen LogP contribution in [0.1, 0.15) is 12.8 Å². The predicted molar refractivity (Wildman–Crippen MR) is 70.4 cm³/mol. The molecule has 6 heteroatoms. The molecule has 3 heterocycles. The van der Waals surface area contributed by atoms with Crippen molar-refractivity contribution in [3.8, 4) is 10.7 Å². The number of rotatable bonds is 3. The van der Waals surface area contributed by atoms with Crippen LogP contribution in [0.2, 0.25) is 0 Å². The lowest BCUT2D eigenvalue weighted by Gasteiger charge is -2.32. The molecule has 0 spiro atoms. The minimum absolute atomic E-state index is 0.510. The largest absolute Gasteiger partial charge is 0.338 e. The van der Waals surface area contributed by atoms with E-state index >= 15 is 0 Å². The number of piperazine rings is 1. The molecule has 1 saturated heterocycles. The Bertz CT molecular complexity index is 496. The number of aromatic nitrogens is 2. The van der Waals surface area contributed by atoms with Gasteiger partial charge in [-0.3, -0.25) is 4.90 Å². The average Bonchev–Trinajstić information content (AvgIpc) is 3.02. The highest BCUT2D eigenvalue weighted by molar-refractivity contribution is 7.13. The molecular formula is C12H16N4OS. The molecular weight excluding hydrogens is 248 g/mol. The van der Waals surface area contributed by atoms with E-state index in [1.165, 1.54) is 0 Å². The fraction of sp³-hybridized carbons (Fsp3) is 0.500. The summed E-state index contributed by atoms with van der Waals surface area (Å²) in [4.78, 5) is 7.87. The second-order valence-electron chi connectivity index (χ2n) is 4.51. The summed E-state index contributed by atoms with van der Waals surface area (Å²) < 4.78 is 5.32. The van der Waals surface area contributed by atoms with Crippen molar-refractivity contribution in [2.24, 2.45) is 0 Å². The van der Waals surface area contributed by atoms with Crippen molar-refractivity contribution in [2.45, 2.75) is 19.5 Å². The Kier molecular flexibility index (Phi) is 3.40. The number of thiophene rings is 1. The number of nitrogens with one attached hydrogen (secondary N) is 1. The summed E-state index contributed by atoms with van der Waals surface area (Å²) in [5, 5.41) is 9.42. The van der Waals surface area contributed by atoms with Crippen LogP contribution in [0.3, 0.4) is 0 Å². The van der Waals surface area contributed by atoms with Gasteiger partial charge in [0.05, 0.1) is 11.4 Å². The maximum atomic E-state index is 5.32. The second-order valence-corrected chi connectivity index (χ2v) is 5.46. The monoisotopic (exact) mass is 264 g/mol. The van der Waals surface area contributed by atoms with Crippen LogP contribution in [0, 0.1) is 0 Å². The molecule has 0 aromatic carbocycles. The van der Waals surface area contributed by atoms with Crippen molar-refractivity contribution in [1.82, 2.24) is 20.4 Å². The lowest BCUT2D eigenvalue weighted by molar-refractivity contribution is 0.146. The highest BCUT2D eigenvalue weighted by Gasteiger charge is 2.20. The Morgan fingerprint density at radius 3 is 3.33 bits per heavy atom. The van der Waals surface area contributed by atoms with Crippen molar-refractivity contribution in [3.05, 3.63) is 23.4 Å². The first kappa shape index (κ1) is 11.8. The third-order valence-electron chi connectivity index (χ3n) is 3.19. The normalized spacial score (nSPS) is 21.3. The lowest BCUT2D eigenvalue weighted by Crippen LogP contribution is -2.49. The van der Waals surface area contributed by atoms with E-state index in [2.05, 4.69) is 27.3 Å². The fourth-order valence-corrected chi connectivity index (χ4v) is 2.77. The van der Waals surface area contributed by atoms with Gasteiger partial charge in [0.1, 0.15) is 0 Å². The Morgan fingerprint density at radius 2 is 2.56 bits per heavy atom. The summed E-state index contributed by atoms with van der Waals surface area (Å²) in [6.45, 7) is 6.02. The van der Waals surface area contributed by atoms with Crippen molar-refractivity contribution in [3.63, 3.8) is 0 Å². The molecule has 1 fully saturated rings. The Hall–Kier alpha value is -1.24. The SMILES string of the molecule is CC1CNCCN1Cc1nc(-c2cccs2)no1. The smallest absolute Gasteiger partial charge is 0.241 e. The molecule has 96 valence electrons. The van der Waals surface area contributed by atoms with Gasteiger partial charge in [0.25, 0.3) is 0 Å². The van der Waals surface area contributed by atoms with E-state index in [1.54, 1.807) is 11.3 Å². The molecule has 1 aliphatic rings. The van der Waals surface area contributed by atoms with Crippen LogP contribution in [-0.2, 0) is 6.54 Å². The first-order valence-electron chi connectivity index (χ1n) is 6.14. The second kappa shape index (κ2) is 5.17. The molecule has 1 N–H and O–H groups in total. The van der Waals surface area contributed by atoms with Gasteiger partial charge in [0.2, 0.25) is 11.7 Å². The van der Waals surface area contributed by atoms with Gasteiger partial charge in [-0.1, -0.05) is 11.2 Å².